The molecule has 3 heterocycles. The Labute approximate surface area is 157 Å². The van der Waals surface area contributed by atoms with E-state index in [1.165, 1.54) is 0 Å². The molecule has 1 amide bonds. The van der Waals surface area contributed by atoms with Gasteiger partial charge < -0.3 is 19.1 Å². The molecule has 3 rings (SSSR count). The van der Waals surface area contributed by atoms with Gasteiger partial charge in [0.2, 0.25) is 17.6 Å². The lowest BCUT2D eigenvalue weighted by Gasteiger charge is -2.14. The van der Waals surface area contributed by atoms with E-state index >= 15 is 0 Å². The quantitative estimate of drug-likeness (QED) is 0.796. The van der Waals surface area contributed by atoms with E-state index in [1.54, 1.807) is 10.6 Å². The zero-order chi connectivity index (χ0) is 19.4. The van der Waals surface area contributed by atoms with Crippen LogP contribution in [-0.2, 0) is 16.0 Å². The van der Waals surface area contributed by atoms with E-state index in [4.69, 9.17) is 9.26 Å². The van der Waals surface area contributed by atoms with Crippen molar-refractivity contribution in [3.05, 3.63) is 34.1 Å². The van der Waals surface area contributed by atoms with E-state index in [-0.39, 0.29) is 35.9 Å². The molecule has 8 heteroatoms. The van der Waals surface area contributed by atoms with E-state index in [1.807, 2.05) is 26.8 Å². The highest BCUT2D eigenvalue weighted by Gasteiger charge is 2.18. The van der Waals surface area contributed by atoms with Gasteiger partial charge in [0.1, 0.15) is 0 Å². The zero-order valence-corrected chi connectivity index (χ0v) is 16.0. The highest BCUT2D eigenvalue weighted by atomic mass is 16.5. The average Bonchev–Trinajstić information content (AvgIpc) is 3.30. The maximum absolute atomic E-state index is 12.7. The molecule has 0 aliphatic carbocycles. The van der Waals surface area contributed by atoms with Gasteiger partial charge in [-0.3, -0.25) is 9.59 Å². The number of hydrogen-bond acceptors (Lipinski definition) is 6. The molecular formula is C19H26N4O4. The fraction of sp³-hybridized carbons (Fsp3) is 0.579. The molecule has 2 aromatic heterocycles. The van der Waals surface area contributed by atoms with Gasteiger partial charge in [-0.05, 0) is 45.7 Å². The van der Waals surface area contributed by atoms with Crippen molar-refractivity contribution in [2.24, 2.45) is 0 Å². The third kappa shape index (κ3) is 4.63. The van der Waals surface area contributed by atoms with Gasteiger partial charge in [0.25, 0.3) is 5.56 Å². The number of nitrogens with zero attached hydrogens (tertiary/aromatic N) is 3. The molecule has 0 unspecified atom stereocenters. The molecule has 27 heavy (non-hydrogen) atoms. The van der Waals surface area contributed by atoms with Crippen molar-refractivity contribution >= 4 is 5.91 Å². The molecule has 8 nitrogen and oxygen atoms in total. The van der Waals surface area contributed by atoms with Gasteiger partial charge in [0.05, 0.1) is 11.7 Å². The fourth-order valence-electron chi connectivity index (χ4n) is 3.27. The van der Waals surface area contributed by atoms with Crippen LogP contribution < -0.4 is 10.9 Å². The smallest absolute Gasteiger partial charge is 0.262 e. The number of carbonyl (C=O) groups is 1. The summed E-state index contributed by atoms with van der Waals surface area (Å²) < 4.78 is 12.4. The summed E-state index contributed by atoms with van der Waals surface area (Å²) in [5, 5.41) is 6.77. The lowest BCUT2D eigenvalue weighted by atomic mass is 10.2. The lowest BCUT2D eigenvalue weighted by Crippen LogP contribution is -2.31. The van der Waals surface area contributed by atoms with E-state index in [2.05, 4.69) is 15.5 Å². The molecule has 1 fully saturated rings. The highest BCUT2D eigenvalue weighted by molar-refractivity contribution is 5.76. The Bertz CT molecular complexity index is 850. The Kier molecular flexibility index (Phi) is 6.05. The Morgan fingerprint density at radius 1 is 1.41 bits per heavy atom. The summed E-state index contributed by atoms with van der Waals surface area (Å²) in [7, 11) is 0. The number of pyridine rings is 1. The first-order valence-electron chi connectivity index (χ1n) is 9.39. The van der Waals surface area contributed by atoms with Crippen LogP contribution in [0.4, 0.5) is 0 Å². The zero-order valence-electron chi connectivity index (χ0n) is 16.0. The van der Waals surface area contributed by atoms with Crippen LogP contribution in [0.2, 0.25) is 0 Å². The Balaban J connectivity index is 1.61. The van der Waals surface area contributed by atoms with Crippen LogP contribution in [0.3, 0.4) is 0 Å². The molecule has 146 valence electrons. The SMILES string of the molecule is Cc1ccc(-c2noc(CCC(=O)NC[C@H]3CCCO3)n2)c(=O)n1C(C)C. The minimum absolute atomic E-state index is 0.0383. The molecule has 0 radical (unpaired) electrons. The molecule has 0 spiro atoms. The largest absolute Gasteiger partial charge is 0.376 e. The van der Waals surface area contributed by atoms with Gasteiger partial charge in [-0.2, -0.15) is 4.98 Å². The van der Waals surface area contributed by atoms with E-state index in [0.29, 0.717) is 24.4 Å². The Morgan fingerprint density at radius 2 is 2.22 bits per heavy atom. The second kappa shape index (κ2) is 8.47. The van der Waals surface area contributed by atoms with Gasteiger partial charge in [-0.15, -0.1) is 0 Å². The third-order valence-corrected chi connectivity index (χ3v) is 4.66. The van der Waals surface area contributed by atoms with E-state index in [0.717, 1.165) is 25.1 Å². The van der Waals surface area contributed by atoms with Crippen molar-refractivity contribution in [1.82, 2.24) is 20.0 Å². The molecule has 2 aromatic rings. The predicted octanol–water partition coefficient (Wildman–Crippen LogP) is 2.02. The maximum atomic E-state index is 12.7. The van der Waals surface area contributed by atoms with E-state index < -0.39 is 0 Å². The molecule has 1 N–H and O–H groups in total. The molecule has 1 aliphatic heterocycles. The topological polar surface area (TPSA) is 99.2 Å². The van der Waals surface area contributed by atoms with Crippen molar-refractivity contribution < 1.29 is 14.1 Å². The van der Waals surface area contributed by atoms with Gasteiger partial charge in [-0.1, -0.05) is 5.16 Å². The minimum Gasteiger partial charge on any atom is -0.376 e. The van der Waals surface area contributed by atoms with Crippen molar-refractivity contribution in [2.45, 2.75) is 58.6 Å². The lowest BCUT2D eigenvalue weighted by molar-refractivity contribution is -0.121. The minimum atomic E-state index is -0.147. The molecule has 0 bridgehead atoms. The van der Waals surface area contributed by atoms with E-state index in [9.17, 15) is 9.59 Å². The second-order valence-electron chi connectivity index (χ2n) is 7.11. The molecule has 0 saturated carbocycles. The first-order valence-corrected chi connectivity index (χ1v) is 9.39. The molecule has 1 atom stereocenters. The number of aryl methyl sites for hydroxylation is 2. The first kappa shape index (κ1) is 19.3. The van der Waals surface area contributed by atoms with Crippen molar-refractivity contribution in [1.29, 1.82) is 0 Å². The predicted molar refractivity (Wildman–Crippen MR) is 99.4 cm³/mol. The number of ether oxygens (including phenoxy) is 1. The monoisotopic (exact) mass is 374 g/mol. The summed E-state index contributed by atoms with van der Waals surface area (Å²) in [6.45, 7) is 7.10. The summed E-state index contributed by atoms with van der Waals surface area (Å²) >= 11 is 0. The van der Waals surface area contributed by atoms with Crippen molar-refractivity contribution in [2.75, 3.05) is 13.2 Å². The van der Waals surface area contributed by atoms with Crippen LogP contribution in [0.15, 0.2) is 21.5 Å². The van der Waals surface area contributed by atoms with Gasteiger partial charge in [0.15, 0.2) is 0 Å². The highest BCUT2D eigenvalue weighted by Crippen LogP contribution is 2.15. The summed E-state index contributed by atoms with van der Waals surface area (Å²) in [5.74, 6) is 0.514. The standard InChI is InChI=1S/C19H26N4O4/c1-12(2)23-13(3)6-7-15(19(23)25)18-21-17(27-22-18)9-8-16(24)20-11-14-5-4-10-26-14/h6-7,12,14H,4-5,8-11H2,1-3H3,(H,20,24)/t14-/m1/s1. The van der Waals surface area contributed by atoms with Crippen LogP contribution in [0.1, 0.15) is 50.7 Å². The average molecular weight is 374 g/mol. The number of amides is 1. The van der Waals surface area contributed by atoms with Crippen LogP contribution in [0.5, 0.6) is 0 Å². The first-order chi connectivity index (χ1) is 13.0. The van der Waals surface area contributed by atoms with Crippen LogP contribution >= 0.6 is 0 Å². The Morgan fingerprint density at radius 3 is 2.93 bits per heavy atom. The second-order valence-corrected chi connectivity index (χ2v) is 7.11. The van der Waals surface area contributed by atoms with Crippen LogP contribution in [-0.4, -0.2) is 39.9 Å². The van der Waals surface area contributed by atoms with Crippen LogP contribution in [0.25, 0.3) is 11.4 Å². The number of rotatable bonds is 7. The summed E-state index contributed by atoms with van der Waals surface area (Å²) in [6, 6.07) is 3.61. The summed E-state index contributed by atoms with van der Waals surface area (Å²) in [5.41, 5.74) is 1.13. The molecule has 0 aromatic carbocycles. The fourth-order valence-corrected chi connectivity index (χ4v) is 3.27. The van der Waals surface area contributed by atoms with Crippen molar-refractivity contribution in [3.8, 4) is 11.4 Å². The maximum Gasteiger partial charge on any atom is 0.262 e. The summed E-state index contributed by atoms with van der Waals surface area (Å²) in [4.78, 5) is 28.9. The summed E-state index contributed by atoms with van der Waals surface area (Å²) in [6.07, 6.45) is 2.72. The number of nitrogens with one attached hydrogen (secondary N) is 1. The number of hydrogen-bond donors (Lipinski definition) is 1. The van der Waals surface area contributed by atoms with Gasteiger partial charge in [-0.25, -0.2) is 0 Å². The molecule has 1 aliphatic rings. The number of aromatic nitrogens is 3. The normalized spacial score (nSPS) is 16.8. The molecular weight excluding hydrogens is 348 g/mol. The van der Waals surface area contributed by atoms with Gasteiger partial charge in [0, 0.05) is 37.7 Å². The number of carbonyl (C=O) groups excluding carboxylic acids is 1. The van der Waals surface area contributed by atoms with Crippen LogP contribution in [0, 0.1) is 6.92 Å². The van der Waals surface area contributed by atoms with Gasteiger partial charge >= 0.3 is 0 Å². The van der Waals surface area contributed by atoms with Crippen molar-refractivity contribution in [3.63, 3.8) is 0 Å². The Hall–Kier alpha value is -2.48. The molecule has 1 saturated heterocycles. The third-order valence-electron chi connectivity index (χ3n) is 4.66.